The van der Waals surface area contributed by atoms with E-state index in [1.165, 1.54) is 25.9 Å². The molecule has 3 nitrogen and oxygen atoms in total. The number of carbonyl (C=O) groups excluding carboxylic acids is 1. The van der Waals surface area contributed by atoms with Gasteiger partial charge in [0.15, 0.2) is 0 Å². The third kappa shape index (κ3) is 2.94. The Labute approximate surface area is 99.9 Å². The van der Waals surface area contributed by atoms with Crippen LogP contribution in [0.4, 0.5) is 0 Å². The average molecular weight is 275 g/mol. The van der Waals surface area contributed by atoms with E-state index in [1.807, 2.05) is 4.90 Å². The zero-order valence-electron chi connectivity index (χ0n) is 9.12. The van der Waals surface area contributed by atoms with Gasteiger partial charge in [-0.05, 0) is 38.8 Å². The number of likely N-dealkylation sites (tertiary alicyclic amines) is 2. The fourth-order valence-corrected chi connectivity index (χ4v) is 3.00. The molecule has 1 atom stereocenters. The predicted octanol–water partition coefficient (Wildman–Crippen LogP) is 1.47. The Balaban J connectivity index is 1.75. The first-order chi connectivity index (χ1) is 7.27. The maximum absolute atomic E-state index is 11.8. The van der Waals surface area contributed by atoms with Crippen LogP contribution in [0.5, 0.6) is 0 Å². The van der Waals surface area contributed by atoms with Crippen LogP contribution in [0.1, 0.15) is 25.7 Å². The lowest BCUT2D eigenvalue weighted by Crippen LogP contribution is -2.45. The van der Waals surface area contributed by atoms with Crippen LogP contribution < -0.4 is 0 Å². The molecule has 0 aromatic carbocycles. The molecule has 2 fully saturated rings. The highest BCUT2D eigenvalue weighted by Gasteiger charge is 2.26. The van der Waals surface area contributed by atoms with E-state index in [9.17, 15) is 4.79 Å². The zero-order chi connectivity index (χ0) is 10.7. The van der Waals surface area contributed by atoms with Crippen molar-refractivity contribution in [3.63, 3.8) is 0 Å². The number of hydrogen-bond donors (Lipinski definition) is 0. The molecular weight excluding hydrogens is 256 g/mol. The van der Waals surface area contributed by atoms with Crippen molar-refractivity contribution in [2.75, 3.05) is 32.7 Å². The second-order valence-electron chi connectivity index (χ2n) is 4.48. The van der Waals surface area contributed by atoms with Crippen molar-refractivity contribution in [1.29, 1.82) is 0 Å². The average Bonchev–Trinajstić information content (AvgIpc) is 2.73. The van der Waals surface area contributed by atoms with Crippen molar-refractivity contribution in [1.82, 2.24) is 9.80 Å². The summed E-state index contributed by atoms with van der Waals surface area (Å²) in [6, 6.07) is 0. The van der Waals surface area contributed by atoms with Crippen LogP contribution >= 0.6 is 15.9 Å². The smallest absolute Gasteiger partial charge is 0.236 e. The molecule has 0 aliphatic carbocycles. The third-order valence-electron chi connectivity index (χ3n) is 3.35. The summed E-state index contributed by atoms with van der Waals surface area (Å²) in [5.41, 5.74) is 0. The second kappa shape index (κ2) is 5.30. The monoisotopic (exact) mass is 274 g/mol. The van der Waals surface area contributed by atoms with Crippen LogP contribution in [-0.2, 0) is 4.79 Å². The molecule has 1 amide bonds. The molecular formula is C11H19BrN2O. The molecule has 2 rings (SSSR count). The van der Waals surface area contributed by atoms with Crippen molar-refractivity contribution in [2.24, 2.45) is 0 Å². The minimum absolute atomic E-state index is 0.0739. The quantitative estimate of drug-likeness (QED) is 0.728. The molecule has 2 heterocycles. The minimum Gasteiger partial charge on any atom is -0.340 e. The Morgan fingerprint density at radius 3 is 2.60 bits per heavy atom. The summed E-state index contributed by atoms with van der Waals surface area (Å²) in [7, 11) is 0. The van der Waals surface area contributed by atoms with Gasteiger partial charge in [0.25, 0.3) is 0 Å². The molecule has 0 aromatic heterocycles. The molecule has 0 saturated carbocycles. The van der Waals surface area contributed by atoms with Crippen LogP contribution in [0, 0.1) is 0 Å². The van der Waals surface area contributed by atoms with Crippen molar-refractivity contribution < 1.29 is 4.79 Å². The maximum Gasteiger partial charge on any atom is 0.236 e. The lowest BCUT2D eigenvalue weighted by atomic mass is 10.1. The van der Waals surface area contributed by atoms with Gasteiger partial charge in [0.1, 0.15) is 0 Å². The van der Waals surface area contributed by atoms with Gasteiger partial charge in [-0.3, -0.25) is 4.79 Å². The topological polar surface area (TPSA) is 23.6 Å². The summed E-state index contributed by atoms with van der Waals surface area (Å²) in [6.45, 7) is 5.38. The Morgan fingerprint density at radius 1 is 1.13 bits per heavy atom. The van der Waals surface area contributed by atoms with Gasteiger partial charge < -0.3 is 9.80 Å². The van der Waals surface area contributed by atoms with Gasteiger partial charge >= 0.3 is 0 Å². The molecule has 0 aromatic rings. The van der Waals surface area contributed by atoms with Crippen molar-refractivity contribution in [3.05, 3.63) is 0 Å². The molecule has 86 valence electrons. The zero-order valence-corrected chi connectivity index (χ0v) is 10.7. The van der Waals surface area contributed by atoms with E-state index >= 15 is 0 Å². The Morgan fingerprint density at radius 2 is 1.87 bits per heavy atom. The van der Waals surface area contributed by atoms with E-state index in [0.717, 1.165) is 32.5 Å². The van der Waals surface area contributed by atoms with Crippen molar-refractivity contribution in [3.8, 4) is 0 Å². The van der Waals surface area contributed by atoms with E-state index < -0.39 is 0 Å². The number of piperidine rings is 1. The summed E-state index contributed by atoms with van der Waals surface area (Å²) in [5.74, 6) is 0.292. The SMILES string of the molecule is O=C1C(Br)CCCN1CCN1CCCC1. The van der Waals surface area contributed by atoms with Gasteiger partial charge in [-0.15, -0.1) is 0 Å². The molecule has 0 spiro atoms. The Kier molecular flexibility index (Phi) is 4.03. The van der Waals surface area contributed by atoms with E-state index in [-0.39, 0.29) is 4.83 Å². The number of nitrogens with zero attached hydrogens (tertiary/aromatic N) is 2. The molecule has 2 saturated heterocycles. The van der Waals surface area contributed by atoms with E-state index in [2.05, 4.69) is 20.8 Å². The summed E-state index contributed by atoms with van der Waals surface area (Å²) in [6.07, 6.45) is 4.80. The first kappa shape index (κ1) is 11.4. The molecule has 0 radical (unpaired) electrons. The number of carbonyl (C=O) groups is 1. The van der Waals surface area contributed by atoms with Gasteiger partial charge in [0.2, 0.25) is 5.91 Å². The predicted molar refractivity (Wildman–Crippen MR) is 64.2 cm³/mol. The molecule has 1 unspecified atom stereocenters. The number of halogens is 1. The van der Waals surface area contributed by atoms with Crippen LogP contribution in [0.2, 0.25) is 0 Å². The van der Waals surface area contributed by atoms with Crippen LogP contribution in [0.25, 0.3) is 0 Å². The second-order valence-corrected chi connectivity index (χ2v) is 5.59. The molecule has 4 heteroatoms. The van der Waals surface area contributed by atoms with Crippen LogP contribution in [0.15, 0.2) is 0 Å². The summed E-state index contributed by atoms with van der Waals surface area (Å²) in [4.78, 5) is 16.3. The fourth-order valence-electron chi connectivity index (χ4n) is 2.38. The summed E-state index contributed by atoms with van der Waals surface area (Å²) in [5, 5.41) is 0. The normalized spacial score (nSPS) is 28.7. The van der Waals surface area contributed by atoms with E-state index in [1.54, 1.807) is 0 Å². The van der Waals surface area contributed by atoms with E-state index in [0.29, 0.717) is 5.91 Å². The minimum atomic E-state index is 0.0739. The lowest BCUT2D eigenvalue weighted by Gasteiger charge is -2.31. The largest absolute Gasteiger partial charge is 0.340 e. The Hall–Kier alpha value is -0.0900. The standard InChI is InChI=1S/C11H19BrN2O/c12-10-4-3-7-14(11(10)15)9-8-13-5-1-2-6-13/h10H,1-9H2. The summed E-state index contributed by atoms with van der Waals surface area (Å²) >= 11 is 3.44. The Bertz CT molecular complexity index is 229. The first-order valence-electron chi connectivity index (χ1n) is 5.92. The fraction of sp³-hybridized carbons (Fsp3) is 0.909. The molecule has 15 heavy (non-hydrogen) atoms. The van der Waals surface area contributed by atoms with Crippen LogP contribution in [-0.4, -0.2) is 53.3 Å². The van der Waals surface area contributed by atoms with E-state index in [4.69, 9.17) is 0 Å². The van der Waals surface area contributed by atoms with Gasteiger partial charge in [0.05, 0.1) is 4.83 Å². The lowest BCUT2D eigenvalue weighted by molar-refractivity contribution is -0.132. The summed E-state index contributed by atoms with van der Waals surface area (Å²) < 4.78 is 0. The van der Waals surface area contributed by atoms with Crippen molar-refractivity contribution in [2.45, 2.75) is 30.5 Å². The highest BCUT2D eigenvalue weighted by Crippen LogP contribution is 2.18. The molecule has 2 aliphatic rings. The van der Waals surface area contributed by atoms with Crippen LogP contribution in [0.3, 0.4) is 0 Å². The number of alkyl halides is 1. The van der Waals surface area contributed by atoms with Gasteiger partial charge in [0, 0.05) is 19.6 Å². The van der Waals surface area contributed by atoms with Gasteiger partial charge in [-0.25, -0.2) is 0 Å². The maximum atomic E-state index is 11.8. The molecule has 0 bridgehead atoms. The third-order valence-corrected chi connectivity index (χ3v) is 4.20. The molecule has 0 N–H and O–H groups in total. The van der Waals surface area contributed by atoms with Gasteiger partial charge in [-0.1, -0.05) is 15.9 Å². The van der Waals surface area contributed by atoms with Crippen molar-refractivity contribution >= 4 is 21.8 Å². The molecule has 2 aliphatic heterocycles. The number of rotatable bonds is 3. The highest BCUT2D eigenvalue weighted by molar-refractivity contribution is 9.10. The number of amides is 1. The first-order valence-corrected chi connectivity index (χ1v) is 6.84. The van der Waals surface area contributed by atoms with Gasteiger partial charge in [-0.2, -0.15) is 0 Å². The highest BCUT2D eigenvalue weighted by atomic mass is 79.9. The number of hydrogen-bond acceptors (Lipinski definition) is 2.